The van der Waals surface area contributed by atoms with E-state index in [-0.39, 0.29) is 5.91 Å². The first-order chi connectivity index (χ1) is 10.6. The Bertz CT molecular complexity index is 864. The molecule has 0 aliphatic carbocycles. The Morgan fingerprint density at radius 1 is 1.09 bits per heavy atom. The summed E-state index contributed by atoms with van der Waals surface area (Å²) < 4.78 is 2.88. The first-order valence-corrected chi connectivity index (χ1v) is 8.37. The average Bonchev–Trinajstić information content (AvgIpc) is 2.90. The normalized spacial score (nSPS) is 11.6. The summed E-state index contributed by atoms with van der Waals surface area (Å²) in [4.78, 5) is 17.2. The second-order valence-corrected chi connectivity index (χ2v) is 6.50. The molecule has 0 spiro atoms. The Labute approximate surface area is 140 Å². The number of halogens is 1. The van der Waals surface area contributed by atoms with Gasteiger partial charge in [0, 0.05) is 22.5 Å². The highest BCUT2D eigenvalue weighted by Gasteiger charge is 2.07. The topological polar surface area (TPSA) is 34.4 Å². The summed E-state index contributed by atoms with van der Waals surface area (Å²) in [5, 5.41) is 2.02. The van der Waals surface area contributed by atoms with Crippen LogP contribution in [0, 0.1) is 0 Å². The van der Waals surface area contributed by atoms with Crippen LogP contribution in [0.3, 0.4) is 0 Å². The van der Waals surface area contributed by atoms with Gasteiger partial charge in [-0.2, -0.15) is 4.99 Å². The van der Waals surface area contributed by atoms with Crippen LogP contribution in [-0.4, -0.2) is 10.5 Å². The van der Waals surface area contributed by atoms with Crippen molar-refractivity contribution in [2.24, 2.45) is 12.0 Å². The predicted octanol–water partition coefficient (Wildman–Crippen LogP) is 4.26. The molecule has 3 aromatic rings. The lowest BCUT2D eigenvalue weighted by Gasteiger charge is -2.02. The van der Waals surface area contributed by atoms with Crippen LogP contribution in [-0.2, 0) is 7.05 Å². The summed E-state index contributed by atoms with van der Waals surface area (Å²) in [6, 6.07) is 17.3. The molecule has 0 radical (unpaired) electrons. The Balaban J connectivity index is 1.97. The molecule has 0 N–H and O–H groups in total. The van der Waals surface area contributed by atoms with E-state index < -0.39 is 0 Å². The van der Waals surface area contributed by atoms with E-state index in [1.54, 1.807) is 12.1 Å². The molecule has 0 unspecified atom stereocenters. The molecule has 1 heterocycles. The predicted molar refractivity (Wildman–Crippen MR) is 92.8 cm³/mol. The molecule has 0 bridgehead atoms. The first-order valence-electron chi connectivity index (χ1n) is 6.70. The van der Waals surface area contributed by atoms with Gasteiger partial charge in [-0.15, -0.1) is 11.3 Å². The van der Waals surface area contributed by atoms with E-state index in [4.69, 9.17) is 0 Å². The Morgan fingerprint density at radius 3 is 2.45 bits per heavy atom. The molecule has 22 heavy (non-hydrogen) atoms. The Hall–Kier alpha value is -1.98. The van der Waals surface area contributed by atoms with Gasteiger partial charge in [-0.3, -0.25) is 4.79 Å². The highest BCUT2D eigenvalue weighted by atomic mass is 79.9. The molecule has 3 rings (SSSR count). The van der Waals surface area contributed by atoms with Crippen molar-refractivity contribution >= 4 is 33.2 Å². The van der Waals surface area contributed by atoms with E-state index in [0.29, 0.717) is 10.4 Å². The molecule has 3 nitrogen and oxygen atoms in total. The van der Waals surface area contributed by atoms with Crippen LogP contribution in [0.1, 0.15) is 10.4 Å². The van der Waals surface area contributed by atoms with Crippen molar-refractivity contribution in [2.75, 3.05) is 0 Å². The summed E-state index contributed by atoms with van der Waals surface area (Å²) in [5.41, 5.74) is 2.74. The van der Waals surface area contributed by atoms with Crippen molar-refractivity contribution in [3.8, 4) is 11.3 Å². The zero-order chi connectivity index (χ0) is 15.5. The van der Waals surface area contributed by atoms with Crippen molar-refractivity contribution in [1.82, 2.24) is 4.57 Å². The van der Waals surface area contributed by atoms with E-state index >= 15 is 0 Å². The van der Waals surface area contributed by atoms with Gasteiger partial charge in [0.15, 0.2) is 4.80 Å². The number of aromatic nitrogens is 1. The van der Waals surface area contributed by atoms with Gasteiger partial charge in [-0.25, -0.2) is 0 Å². The van der Waals surface area contributed by atoms with Crippen molar-refractivity contribution in [3.05, 3.63) is 74.8 Å². The number of benzene rings is 2. The summed E-state index contributed by atoms with van der Waals surface area (Å²) in [7, 11) is 1.92. The van der Waals surface area contributed by atoms with Crippen LogP contribution in [0.25, 0.3) is 11.3 Å². The lowest BCUT2D eigenvalue weighted by Crippen LogP contribution is -2.14. The molecule has 0 atom stereocenters. The largest absolute Gasteiger partial charge is 0.319 e. The lowest BCUT2D eigenvalue weighted by atomic mass is 10.2. The number of rotatable bonds is 2. The third-order valence-electron chi connectivity index (χ3n) is 3.28. The van der Waals surface area contributed by atoms with Gasteiger partial charge in [-0.1, -0.05) is 46.3 Å². The first kappa shape index (κ1) is 14.9. The number of hydrogen-bond acceptors (Lipinski definition) is 2. The van der Waals surface area contributed by atoms with Gasteiger partial charge in [-0.05, 0) is 29.8 Å². The van der Waals surface area contributed by atoms with E-state index in [1.165, 1.54) is 11.3 Å². The minimum absolute atomic E-state index is 0.232. The van der Waals surface area contributed by atoms with Crippen LogP contribution in [0.15, 0.2) is 69.4 Å². The second-order valence-electron chi connectivity index (χ2n) is 4.75. The average molecular weight is 373 g/mol. The van der Waals surface area contributed by atoms with E-state index in [9.17, 15) is 4.79 Å². The standard InChI is InChI=1S/C17H13BrN2OS/c1-20-15(12-5-3-2-4-6-12)11-22-17(20)19-16(21)13-7-9-14(18)10-8-13/h2-11H,1H3/b19-17-. The number of carbonyl (C=O) groups excluding carboxylic acids is 1. The van der Waals surface area contributed by atoms with Gasteiger partial charge in [0.2, 0.25) is 0 Å². The minimum atomic E-state index is -0.232. The van der Waals surface area contributed by atoms with Gasteiger partial charge in [0.25, 0.3) is 5.91 Å². The Morgan fingerprint density at radius 2 is 1.77 bits per heavy atom. The molecule has 1 amide bonds. The molecule has 2 aromatic carbocycles. The maximum absolute atomic E-state index is 12.2. The molecule has 0 fully saturated rings. The second kappa shape index (κ2) is 6.42. The van der Waals surface area contributed by atoms with Crippen LogP contribution < -0.4 is 4.80 Å². The molecule has 1 aromatic heterocycles. The molecule has 0 saturated carbocycles. The van der Waals surface area contributed by atoms with Gasteiger partial charge in [0.1, 0.15) is 0 Å². The quantitative estimate of drug-likeness (QED) is 0.661. The number of nitrogens with zero attached hydrogens (tertiary/aromatic N) is 2. The third-order valence-corrected chi connectivity index (χ3v) is 4.73. The SMILES string of the molecule is Cn1c(-c2ccccc2)cs/c1=N\C(=O)c1ccc(Br)cc1. The highest BCUT2D eigenvalue weighted by molar-refractivity contribution is 9.10. The summed E-state index contributed by atoms with van der Waals surface area (Å²) in [5.74, 6) is -0.232. The van der Waals surface area contributed by atoms with E-state index in [1.807, 2.05) is 59.5 Å². The Kier molecular flexibility index (Phi) is 4.36. The van der Waals surface area contributed by atoms with Gasteiger partial charge >= 0.3 is 0 Å². The number of thiazole rings is 1. The maximum atomic E-state index is 12.2. The van der Waals surface area contributed by atoms with Crippen LogP contribution >= 0.6 is 27.3 Å². The van der Waals surface area contributed by atoms with Gasteiger partial charge < -0.3 is 4.57 Å². The van der Waals surface area contributed by atoms with Crippen molar-refractivity contribution in [1.29, 1.82) is 0 Å². The van der Waals surface area contributed by atoms with Crippen molar-refractivity contribution in [2.45, 2.75) is 0 Å². The minimum Gasteiger partial charge on any atom is -0.319 e. The smallest absolute Gasteiger partial charge is 0.279 e. The van der Waals surface area contributed by atoms with Gasteiger partial charge in [0.05, 0.1) is 5.69 Å². The molecule has 0 saturated heterocycles. The molecule has 110 valence electrons. The zero-order valence-corrected chi connectivity index (χ0v) is 14.3. The fraction of sp³-hybridized carbons (Fsp3) is 0.0588. The number of hydrogen-bond donors (Lipinski definition) is 0. The third kappa shape index (κ3) is 3.10. The molecule has 0 aliphatic rings. The highest BCUT2D eigenvalue weighted by Crippen LogP contribution is 2.18. The number of amides is 1. The maximum Gasteiger partial charge on any atom is 0.279 e. The monoisotopic (exact) mass is 372 g/mol. The summed E-state index contributed by atoms with van der Waals surface area (Å²) in [6.07, 6.45) is 0. The van der Waals surface area contributed by atoms with Crippen molar-refractivity contribution in [3.63, 3.8) is 0 Å². The molecule has 5 heteroatoms. The number of carbonyl (C=O) groups is 1. The lowest BCUT2D eigenvalue weighted by molar-refractivity contribution is 0.0998. The fourth-order valence-corrected chi connectivity index (χ4v) is 3.25. The van der Waals surface area contributed by atoms with E-state index in [2.05, 4.69) is 20.9 Å². The van der Waals surface area contributed by atoms with Crippen LogP contribution in [0.2, 0.25) is 0 Å². The van der Waals surface area contributed by atoms with Crippen molar-refractivity contribution < 1.29 is 4.79 Å². The van der Waals surface area contributed by atoms with Crippen LogP contribution in [0.4, 0.5) is 0 Å². The van der Waals surface area contributed by atoms with Crippen LogP contribution in [0.5, 0.6) is 0 Å². The summed E-state index contributed by atoms with van der Waals surface area (Å²) in [6.45, 7) is 0. The molecular weight excluding hydrogens is 360 g/mol. The fourth-order valence-electron chi connectivity index (χ4n) is 2.09. The zero-order valence-electron chi connectivity index (χ0n) is 11.9. The molecule has 0 aliphatic heterocycles. The molecular formula is C17H13BrN2OS. The van der Waals surface area contributed by atoms with E-state index in [0.717, 1.165) is 15.7 Å². The summed E-state index contributed by atoms with van der Waals surface area (Å²) >= 11 is 4.82.